The normalized spacial score (nSPS) is 22.7. The molecular weight excluding hydrogens is 322 g/mol. The summed E-state index contributed by atoms with van der Waals surface area (Å²) in [5.41, 5.74) is 2.48. The number of likely N-dealkylation sites (tertiary alicyclic amines) is 1. The summed E-state index contributed by atoms with van der Waals surface area (Å²) in [5.74, 6) is 0.301. The van der Waals surface area contributed by atoms with Crippen LogP contribution >= 0.6 is 11.6 Å². The quantitative estimate of drug-likeness (QED) is 0.838. The number of carbonyl (C=O) groups is 1. The average Bonchev–Trinajstić information content (AvgIpc) is 2.58. The SMILES string of the molecule is Cc1ccc(Cl)cc1N1CCN(CC(=O)N2CCCCC2C)CC1. The maximum absolute atomic E-state index is 12.6. The number of nitrogens with zero attached hydrogens (tertiary/aromatic N) is 3. The highest BCUT2D eigenvalue weighted by atomic mass is 35.5. The second-order valence-corrected chi connectivity index (χ2v) is 7.56. The van der Waals surface area contributed by atoms with Crippen molar-refractivity contribution in [3.05, 3.63) is 28.8 Å². The summed E-state index contributed by atoms with van der Waals surface area (Å²) >= 11 is 6.15. The number of amides is 1. The van der Waals surface area contributed by atoms with Crippen LogP contribution in [0.2, 0.25) is 5.02 Å². The second-order valence-electron chi connectivity index (χ2n) is 7.13. The molecule has 0 spiro atoms. The molecule has 2 heterocycles. The van der Waals surface area contributed by atoms with E-state index in [0.717, 1.165) is 50.6 Å². The van der Waals surface area contributed by atoms with Crippen LogP contribution in [-0.2, 0) is 4.79 Å². The summed E-state index contributed by atoms with van der Waals surface area (Å²) < 4.78 is 0. The van der Waals surface area contributed by atoms with Crippen LogP contribution in [0.1, 0.15) is 31.7 Å². The predicted octanol–water partition coefficient (Wildman–Crippen LogP) is 3.17. The zero-order valence-corrected chi connectivity index (χ0v) is 15.6. The van der Waals surface area contributed by atoms with Gasteiger partial charge in [-0.15, -0.1) is 0 Å². The van der Waals surface area contributed by atoms with Crippen molar-refractivity contribution in [3.63, 3.8) is 0 Å². The largest absolute Gasteiger partial charge is 0.369 e. The second kappa shape index (κ2) is 7.75. The lowest BCUT2D eigenvalue weighted by Crippen LogP contribution is -2.52. The van der Waals surface area contributed by atoms with Crippen LogP contribution in [-0.4, -0.2) is 61.0 Å². The van der Waals surface area contributed by atoms with E-state index in [-0.39, 0.29) is 0 Å². The number of benzene rings is 1. The first-order valence-corrected chi connectivity index (χ1v) is 9.45. The first-order valence-electron chi connectivity index (χ1n) is 9.07. The van der Waals surface area contributed by atoms with Gasteiger partial charge in [-0.25, -0.2) is 0 Å². The number of piperazine rings is 1. The van der Waals surface area contributed by atoms with Gasteiger partial charge in [-0.1, -0.05) is 17.7 Å². The van der Waals surface area contributed by atoms with Crippen molar-refractivity contribution in [1.29, 1.82) is 0 Å². The first-order chi connectivity index (χ1) is 11.5. The highest BCUT2D eigenvalue weighted by Gasteiger charge is 2.26. The molecule has 24 heavy (non-hydrogen) atoms. The lowest BCUT2D eigenvalue weighted by molar-refractivity contribution is -0.135. The molecule has 4 nitrogen and oxygen atoms in total. The number of halogens is 1. The number of hydrogen-bond donors (Lipinski definition) is 0. The van der Waals surface area contributed by atoms with E-state index in [2.05, 4.69) is 34.6 Å². The standard InChI is InChI=1S/C19H28ClN3O/c1-15-6-7-17(20)13-18(15)22-11-9-21(10-12-22)14-19(24)23-8-4-3-5-16(23)2/h6-7,13,16H,3-5,8-12,14H2,1-2H3. The van der Waals surface area contributed by atoms with Crippen LogP contribution in [0.5, 0.6) is 0 Å². The molecule has 0 radical (unpaired) electrons. The molecule has 1 aromatic carbocycles. The van der Waals surface area contributed by atoms with Crippen molar-refractivity contribution in [2.45, 2.75) is 39.2 Å². The minimum absolute atomic E-state index is 0.301. The highest BCUT2D eigenvalue weighted by molar-refractivity contribution is 6.30. The lowest BCUT2D eigenvalue weighted by atomic mass is 10.0. The van der Waals surface area contributed by atoms with E-state index in [1.54, 1.807) is 0 Å². The molecule has 0 N–H and O–H groups in total. The lowest BCUT2D eigenvalue weighted by Gasteiger charge is -2.39. The Kier molecular flexibility index (Phi) is 5.67. The van der Waals surface area contributed by atoms with E-state index in [9.17, 15) is 4.79 Å². The molecule has 1 atom stereocenters. The van der Waals surface area contributed by atoms with Crippen LogP contribution in [0, 0.1) is 6.92 Å². The Morgan fingerprint density at radius 2 is 1.92 bits per heavy atom. The Balaban J connectivity index is 1.53. The van der Waals surface area contributed by atoms with Crippen LogP contribution < -0.4 is 4.90 Å². The molecule has 0 aromatic heterocycles. The number of rotatable bonds is 3. The fourth-order valence-corrected chi connectivity index (χ4v) is 3.99. The van der Waals surface area contributed by atoms with Crippen molar-refractivity contribution in [3.8, 4) is 0 Å². The van der Waals surface area contributed by atoms with E-state index in [4.69, 9.17) is 11.6 Å². The van der Waals surface area contributed by atoms with Gasteiger partial charge in [0, 0.05) is 49.5 Å². The van der Waals surface area contributed by atoms with E-state index >= 15 is 0 Å². The zero-order valence-electron chi connectivity index (χ0n) is 14.8. The Morgan fingerprint density at radius 3 is 2.62 bits per heavy atom. The fraction of sp³-hybridized carbons (Fsp3) is 0.632. The molecule has 2 fully saturated rings. The number of hydrogen-bond acceptors (Lipinski definition) is 3. The van der Waals surface area contributed by atoms with Gasteiger partial charge in [-0.05, 0) is 50.8 Å². The molecule has 2 aliphatic rings. The van der Waals surface area contributed by atoms with Gasteiger partial charge >= 0.3 is 0 Å². The van der Waals surface area contributed by atoms with Gasteiger partial charge in [-0.3, -0.25) is 9.69 Å². The summed E-state index contributed by atoms with van der Waals surface area (Å²) in [6.45, 7) is 9.55. The monoisotopic (exact) mass is 349 g/mol. The molecule has 1 amide bonds. The average molecular weight is 350 g/mol. The minimum atomic E-state index is 0.301. The molecule has 5 heteroatoms. The molecule has 1 unspecified atom stereocenters. The van der Waals surface area contributed by atoms with Crippen molar-refractivity contribution < 1.29 is 4.79 Å². The third-order valence-electron chi connectivity index (χ3n) is 5.37. The van der Waals surface area contributed by atoms with Crippen LogP contribution in [0.15, 0.2) is 18.2 Å². The molecule has 2 aliphatic heterocycles. The highest BCUT2D eigenvalue weighted by Crippen LogP contribution is 2.25. The molecule has 1 aromatic rings. The molecule has 3 rings (SSSR count). The van der Waals surface area contributed by atoms with Crippen LogP contribution in [0.4, 0.5) is 5.69 Å². The number of carbonyl (C=O) groups excluding carboxylic acids is 1. The Bertz CT molecular complexity index is 584. The van der Waals surface area contributed by atoms with Gasteiger partial charge in [0.1, 0.15) is 0 Å². The maximum atomic E-state index is 12.6. The molecule has 132 valence electrons. The van der Waals surface area contributed by atoms with Crippen molar-refractivity contribution in [2.75, 3.05) is 44.2 Å². The van der Waals surface area contributed by atoms with E-state index in [1.165, 1.54) is 17.7 Å². The Morgan fingerprint density at radius 1 is 1.17 bits per heavy atom. The Hall–Kier alpha value is -1.26. The molecular formula is C19H28ClN3O. The Labute approximate surface area is 150 Å². The third-order valence-corrected chi connectivity index (χ3v) is 5.60. The number of anilines is 1. The first kappa shape index (κ1) is 17.6. The molecule has 0 aliphatic carbocycles. The van der Waals surface area contributed by atoms with Gasteiger partial charge < -0.3 is 9.80 Å². The van der Waals surface area contributed by atoms with Gasteiger partial charge in [0.05, 0.1) is 6.54 Å². The van der Waals surface area contributed by atoms with Crippen molar-refractivity contribution in [2.24, 2.45) is 0 Å². The predicted molar refractivity (Wildman–Crippen MR) is 99.9 cm³/mol. The molecule has 0 saturated carbocycles. The van der Waals surface area contributed by atoms with Gasteiger partial charge in [0.25, 0.3) is 0 Å². The van der Waals surface area contributed by atoms with Gasteiger partial charge in [-0.2, -0.15) is 0 Å². The minimum Gasteiger partial charge on any atom is -0.369 e. The zero-order chi connectivity index (χ0) is 17.1. The van der Waals surface area contributed by atoms with Crippen LogP contribution in [0.25, 0.3) is 0 Å². The topological polar surface area (TPSA) is 26.8 Å². The summed E-state index contributed by atoms with van der Waals surface area (Å²) in [4.78, 5) is 19.3. The summed E-state index contributed by atoms with van der Waals surface area (Å²) in [6, 6.07) is 6.47. The summed E-state index contributed by atoms with van der Waals surface area (Å²) in [6.07, 6.45) is 3.55. The van der Waals surface area contributed by atoms with E-state index in [0.29, 0.717) is 18.5 Å². The number of aryl methyl sites for hydroxylation is 1. The van der Waals surface area contributed by atoms with Gasteiger partial charge in [0.15, 0.2) is 0 Å². The van der Waals surface area contributed by atoms with Crippen molar-refractivity contribution >= 4 is 23.2 Å². The molecule has 2 saturated heterocycles. The van der Waals surface area contributed by atoms with E-state index < -0.39 is 0 Å². The summed E-state index contributed by atoms with van der Waals surface area (Å²) in [5, 5.41) is 0.785. The third kappa shape index (κ3) is 4.04. The fourth-order valence-electron chi connectivity index (χ4n) is 3.82. The maximum Gasteiger partial charge on any atom is 0.236 e. The van der Waals surface area contributed by atoms with E-state index in [1.807, 2.05) is 12.1 Å². The smallest absolute Gasteiger partial charge is 0.236 e. The van der Waals surface area contributed by atoms with Crippen LogP contribution in [0.3, 0.4) is 0 Å². The molecule has 0 bridgehead atoms. The van der Waals surface area contributed by atoms with Crippen molar-refractivity contribution in [1.82, 2.24) is 9.80 Å². The van der Waals surface area contributed by atoms with Gasteiger partial charge in [0.2, 0.25) is 5.91 Å². The number of piperidine rings is 1. The summed E-state index contributed by atoms with van der Waals surface area (Å²) in [7, 11) is 0.